The van der Waals surface area contributed by atoms with Crippen LogP contribution in [0.5, 0.6) is 5.75 Å². The van der Waals surface area contributed by atoms with Gasteiger partial charge in [-0.05, 0) is 54.4 Å². The summed E-state index contributed by atoms with van der Waals surface area (Å²) in [7, 11) is 0. The summed E-state index contributed by atoms with van der Waals surface area (Å²) in [5.74, 6) is -1.57. The van der Waals surface area contributed by atoms with Gasteiger partial charge >= 0.3 is 5.91 Å². The number of fused-ring (bicyclic) bond motifs is 1. The summed E-state index contributed by atoms with van der Waals surface area (Å²) in [6.45, 7) is 1.94. The Labute approximate surface area is 242 Å². The Balaban J connectivity index is 1.39. The minimum absolute atomic E-state index is 0.0134. The molecule has 0 saturated carbocycles. The number of carbonyl (C=O) groups is 2. The summed E-state index contributed by atoms with van der Waals surface area (Å²) in [5.41, 5.74) is 2.08. The van der Waals surface area contributed by atoms with E-state index in [1.165, 1.54) is 30.0 Å². The predicted octanol–water partition coefficient (Wildman–Crippen LogP) is 6.57. The highest BCUT2D eigenvalue weighted by Crippen LogP contribution is 2.45. The van der Waals surface area contributed by atoms with E-state index in [1.807, 2.05) is 19.1 Å². The number of Topliss-reactive ketones (excluding diaryl/α,β-unsaturated/α-hetero) is 1. The molecular weight excluding hydrogens is 573 g/mol. The van der Waals surface area contributed by atoms with Crippen molar-refractivity contribution in [3.63, 3.8) is 0 Å². The highest BCUT2D eigenvalue weighted by molar-refractivity contribution is 8.00. The molecule has 6 rings (SSSR count). The number of hydrogen-bond donors (Lipinski definition) is 1. The molecule has 11 heteroatoms. The molecule has 1 N–H and O–H groups in total. The number of hydrogen-bond acceptors (Lipinski definition) is 8. The third-order valence-corrected chi connectivity index (χ3v) is 9.07. The van der Waals surface area contributed by atoms with E-state index in [9.17, 15) is 14.7 Å². The summed E-state index contributed by atoms with van der Waals surface area (Å²) in [6.07, 6.45) is 0.628. The zero-order valence-corrected chi connectivity index (χ0v) is 23.4. The lowest BCUT2D eigenvalue weighted by Crippen LogP contribution is -2.29. The maximum atomic E-state index is 15.2. The first kappa shape index (κ1) is 26.5. The van der Waals surface area contributed by atoms with Crippen molar-refractivity contribution in [2.24, 2.45) is 0 Å². The Morgan fingerprint density at radius 2 is 1.93 bits per heavy atom. The molecule has 40 heavy (non-hydrogen) atoms. The Morgan fingerprint density at radius 3 is 2.70 bits per heavy atom. The van der Waals surface area contributed by atoms with Gasteiger partial charge in [0.25, 0.3) is 5.78 Å². The molecule has 7 nitrogen and oxygen atoms in total. The fourth-order valence-corrected chi connectivity index (χ4v) is 6.78. The van der Waals surface area contributed by atoms with E-state index in [2.05, 4.69) is 10.2 Å². The zero-order valence-electron chi connectivity index (χ0n) is 21.0. The van der Waals surface area contributed by atoms with Crippen molar-refractivity contribution < 1.29 is 23.8 Å². The number of aliphatic hydroxyl groups is 1. The number of ketones is 1. The molecule has 1 fully saturated rings. The molecular formula is C29H21ClFN3O4S2. The average Bonchev–Trinajstić information content (AvgIpc) is 3.63. The van der Waals surface area contributed by atoms with E-state index in [4.69, 9.17) is 16.3 Å². The summed E-state index contributed by atoms with van der Waals surface area (Å²) < 4.78 is 21.5. The normalized spacial score (nSPS) is 19.6. The van der Waals surface area contributed by atoms with Gasteiger partial charge in [0.2, 0.25) is 5.13 Å². The smallest absolute Gasteiger partial charge is 0.301 e. The lowest BCUT2D eigenvalue weighted by molar-refractivity contribution is -0.132. The third-order valence-electron chi connectivity index (χ3n) is 6.69. The monoisotopic (exact) mass is 593 g/mol. The van der Waals surface area contributed by atoms with Gasteiger partial charge in [0.15, 0.2) is 4.34 Å². The number of ether oxygens (including phenoxy) is 1. The number of amides is 1. The molecule has 2 aliphatic heterocycles. The lowest BCUT2D eigenvalue weighted by atomic mass is 9.94. The van der Waals surface area contributed by atoms with Gasteiger partial charge in [-0.1, -0.05) is 65.0 Å². The quantitative estimate of drug-likeness (QED) is 0.0888. The predicted molar refractivity (Wildman–Crippen MR) is 152 cm³/mol. The van der Waals surface area contributed by atoms with Gasteiger partial charge in [-0.15, -0.1) is 10.2 Å². The second-order valence-electron chi connectivity index (χ2n) is 9.41. The average molecular weight is 594 g/mol. The molecule has 3 aromatic carbocycles. The number of aliphatic hydroxyl groups excluding tert-OH is 1. The van der Waals surface area contributed by atoms with E-state index in [1.54, 1.807) is 36.4 Å². The van der Waals surface area contributed by atoms with Gasteiger partial charge in [-0.2, -0.15) is 0 Å². The second-order valence-corrected chi connectivity index (χ2v) is 12.0. The van der Waals surface area contributed by atoms with E-state index >= 15 is 4.39 Å². The van der Waals surface area contributed by atoms with Crippen molar-refractivity contribution in [3.05, 3.63) is 105 Å². The number of nitrogens with zero attached hydrogens (tertiary/aromatic N) is 3. The molecule has 202 valence electrons. The maximum Gasteiger partial charge on any atom is 0.301 e. The number of carbonyl (C=O) groups excluding carboxylic acids is 2. The Hall–Kier alpha value is -3.73. The molecule has 2 atom stereocenters. The van der Waals surface area contributed by atoms with E-state index in [-0.39, 0.29) is 22.4 Å². The molecule has 0 radical (unpaired) electrons. The van der Waals surface area contributed by atoms with Crippen molar-refractivity contribution in [2.45, 2.75) is 35.6 Å². The highest BCUT2D eigenvalue weighted by atomic mass is 35.5. The largest absolute Gasteiger partial charge is 0.507 e. The van der Waals surface area contributed by atoms with Gasteiger partial charge in [0.1, 0.15) is 29.5 Å². The molecule has 0 spiro atoms. The van der Waals surface area contributed by atoms with Crippen LogP contribution in [0.1, 0.15) is 35.2 Å². The summed E-state index contributed by atoms with van der Waals surface area (Å²) in [5, 5.41) is 20.5. The van der Waals surface area contributed by atoms with E-state index in [0.29, 0.717) is 32.8 Å². The molecule has 2 aliphatic rings. The van der Waals surface area contributed by atoms with Crippen LogP contribution in [-0.2, 0) is 21.8 Å². The first-order valence-corrected chi connectivity index (χ1v) is 14.5. The van der Waals surface area contributed by atoms with Crippen molar-refractivity contribution in [1.82, 2.24) is 10.2 Å². The first-order chi connectivity index (χ1) is 19.3. The van der Waals surface area contributed by atoms with Crippen LogP contribution in [0.2, 0.25) is 5.02 Å². The highest BCUT2D eigenvalue weighted by Gasteiger charge is 2.49. The van der Waals surface area contributed by atoms with Crippen molar-refractivity contribution in [1.29, 1.82) is 0 Å². The molecule has 1 amide bonds. The van der Waals surface area contributed by atoms with E-state index < -0.39 is 29.3 Å². The molecule has 0 bridgehead atoms. The molecule has 4 aromatic rings. The summed E-state index contributed by atoms with van der Waals surface area (Å²) in [4.78, 5) is 27.9. The molecule has 0 unspecified atom stereocenters. The number of rotatable bonds is 6. The van der Waals surface area contributed by atoms with Crippen LogP contribution in [0.25, 0.3) is 5.76 Å². The van der Waals surface area contributed by atoms with Crippen molar-refractivity contribution in [3.8, 4) is 5.75 Å². The second kappa shape index (κ2) is 10.7. The standard InChI is InChI=1S/C29H21ClFN3O4S2/c1-15-12-18-13-17(8-11-22(18)38-15)25(35)23-24(20-4-2-3-5-21(20)31)34(27(37)26(23)36)28-32-33-29(40-28)39-14-16-6-9-19(30)10-7-16/h2-11,13,15,24,35H,12,14H2,1H3/b25-23+/t15-,24+/m1/s1. The minimum Gasteiger partial charge on any atom is -0.507 e. The number of halogens is 2. The van der Waals surface area contributed by atoms with Crippen LogP contribution < -0.4 is 9.64 Å². The van der Waals surface area contributed by atoms with Crippen LogP contribution in [0.15, 0.2) is 76.6 Å². The molecule has 0 aliphatic carbocycles. The fraction of sp³-hybridized carbons (Fsp3) is 0.172. The Bertz CT molecular complexity index is 1670. The van der Waals surface area contributed by atoms with Gasteiger partial charge in [0, 0.05) is 28.3 Å². The van der Waals surface area contributed by atoms with Gasteiger partial charge in [-0.3, -0.25) is 14.5 Å². The number of benzene rings is 3. The van der Waals surface area contributed by atoms with Gasteiger partial charge in [0.05, 0.1) is 5.57 Å². The Morgan fingerprint density at radius 1 is 1.15 bits per heavy atom. The van der Waals surface area contributed by atoms with Crippen LogP contribution >= 0.6 is 34.7 Å². The summed E-state index contributed by atoms with van der Waals surface area (Å²) >= 11 is 8.48. The first-order valence-electron chi connectivity index (χ1n) is 12.4. The van der Waals surface area contributed by atoms with Crippen LogP contribution in [-0.4, -0.2) is 33.1 Å². The van der Waals surface area contributed by atoms with Gasteiger partial charge in [-0.25, -0.2) is 4.39 Å². The van der Waals surface area contributed by atoms with Crippen LogP contribution in [0.3, 0.4) is 0 Å². The minimum atomic E-state index is -1.23. The van der Waals surface area contributed by atoms with Gasteiger partial charge < -0.3 is 9.84 Å². The lowest BCUT2D eigenvalue weighted by Gasteiger charge is -2.22. The fourth-order valence-electron chi connectivity index (χ4n) is 4.83. The number of thioether (sulfide) groups is 1. The summed E-state index contributed by atoms with van der Waals surface area (Å²) in [6, 6.07) is 17.1. The van der Waals surface area contributed by atoms with Crippen LogP contribution in [0.4, 0.5) is 9.52 Å². The van der Waals surface area contributed by atoms with Crippen molar-refractivity contribution in [2.75, 3.05) is 4.90 Å². The zero-order chi connectivity index (χ0) is 28.0. The number of anilines is 1. The SMILES string of the molecule is C[C@@H]1Cc2cc(/C(O)=C3\C(=O)C(=O)N(c4nnc(SCc5ccc(Cl)cc5)s4)[C@H]3c3ccccc3F)ccc2O1. The maximum absolute atomic E-state index is 15.2. The van der Waals surface area contributed by atoms with Crippen LogP contribution in [0, 0.1) is 5.82 Å². The number of aromatic nitrogens is 2. The van der Waals surface area contributed by atoms with Crippen molar-refractivity contribution >= 4 is 57.3 Å². The molecule has 3 heterocycles. The molecule has 1 aromatic heterocycles. The molecule has 1 saturated heterocycles. The Kier molecular flexibility index (Phi) is 7.07. The third kappa shape index (κ3) is 4.87. The van der Waals surface area contributed by atoms with E-state index in [0.717, 1.165) is 27.4 Å². The topological polar surface area (TPSA) is 92.6 Å².